The molecule has 0 aromatic rings. The van der Waals surface area contributed by atoms with Crippen molar-refractivity contribution in [3.8, 4) is 0 Å². The van der Waals surface area contributed by atoms with Crippen molar-refractivity contribution in [1.82, 2.24) is 0 Å². The van der Waals surface area contributed by atoms with Crippen LogP contribution < -0.4 is 0 Å². The Bertz CT molecular complexity index is 558. The van der Waals surface area contributed by atoms with Crippen molar-refractivity contribution in [3.05, 3.63) is 11.6 Å². The fourth-order valence-electron chi connectivity index (χ4n) is 9.46. The highest BCUT2D eigenvalue weighted by Gasteiger charge is 2.62. The molecule has 25 heavy (non-hydrogen) atoms. The topological polar surface area (TPSA) is 0 Å². The maximum atomic E-state index is 2.74. The fraction of sp³-hybridized carbons (Fsp3) is 0.920. The van der Waals surface area contributed by atoms with Crippen molar-refractivity contribution in [2.75, 3.05) is 0 Å². The van der Waals surface area contributed by atoms with E-state index in [1.165, 1.54) is 25.7 Å². The van der Waals surface area contributed by atoms with Crippen LogP contribution in [0, 0.1) is 46.3 Å². The second-order valence-corrected chi connectivity index (χ2v) is 11.2. The van der Waals surface area contributed by atoms with Crippen molar-refractivity contribution in [2.45, 2.75) is 97.8 Å². The maximum Gasteiger partial charge on any atom is -0.0144 e. The van der Waals surface area contributed by atoms with E-state index in [4.69, 9.17) is 0 Å². The standard InChI is InChI=1S/C25H40/c1-4-18-6-5-13-25-15-12-22-20(23(25)10-9-21(18)25)8-7-19-16-17(2)11-14-24(19,22)3/h4,17,19-23H,5-16H2,1-3H3/t17-,19+,20?,21-,22?,23?,24+,25-/m1/s1. The van der Waals surface area contributed by atoms with Crippen LogP contribution in [0.3, 0.4) is 0 Å². The Hall–Kier alpha value is -0.260. The normalized spacial score (nSPS) is 56.7. The summed E-state index contributed by atoms with van der Waals surface area (Å²) in [6.07, 6.45) is 21.0. The smallest absolute Gasteiger partial charge is 0.0144 e. The second kappa shape index (κ2) is 5.87. The van der Waals surface area contributed by atoms with Crippen LogP contribution in [0.1, 0.15) is 97.8 Å². The lowest BCUT2D eigenvalue weighted by molar-refractivity contribution is -0.123. The summed E-state index contributed by atoms with van der Waals surface area (Å²) in [7, 11) is 0. The summed E-state index contributed by atoms with van der Waals surface area (Å²) in [6, 6.07) is 0. The van der Waals surface area contributed by atoms with E-state index in [0.29, 0.717) is 5.41 Å². The molecule has 0 nitrogen and oxygen atoms in total. The van der Waals surface area contributed by atoms with Crippen molar-refractivity contribution in [3.63, 3.8) is 0 Å². The summed E-state index contributed by atoms with van der Waals surface area (Å²) >= 11 is 0. The minimum absolute atomic E-state index is 0.702. The Balaban J connectivity index is 1.46. The molecule has 3 unspecified atom stereocenters. The van der Waals surface area contributed by atoms with Gasteiger partial charge in [0, 0.05) is 0 Å². The van der Waals surface area contributed by atoms with E-state index in [9.17, 15) is 0 Å². The first-order valence-corrected chi connectivity index (χ1v) is 11.7. The molecule has 0 N–H and O–H groups in total. The van der Waals surface area contributed by atoms with Gasteiger partial charge in [-0.05, 0) is 124 Å². The molecule has 5 saturated carbocycles. The molecule has 1 spiro atoms. The van der Waals surface area contributed by atoms with E-state index in [-0.39, 0.29) is 0 Å². The molecule has 0 aromatic carbocycles. The summed E-state index contributed by atoms with van der Waals surface area (Å²) in [6.45, 7) is 7.58. The molecule has 140 valence electrons. The zero-order chi connectivity index (χ0) is 17.2. The molecule has 0 amide bonds. The first-order chi connectivity index (χ1) is 12.1. The summed E-state index contributed by atoms with van der Waals surface area (Å²) < 4.78 is 0. The molecule has 5 rings (SSSR count). The average molecular weight is 341 g/mol. The van der Waals surface area contributed by atoms with Gasteiger partial charge in [-0.1, -0.05) is 31.9 Å². The van der Waals surface area contributed by atoms with Crippen LogP contribution in [0.4, 0.5) is 0 Å². The molecule has 0 heterocycles. The van der Waals surface area contributed by atoms with Crippen molar-refractivity contribution >= 4 is 0 Å². The zero-order valence-corrected chi connectivity index (χ0v) is 17.0. The zero-order valence-electron chi connectivity index (χ0n) is 17.0. The summed E-state index contributed by atoms with van der Waals surface area (Å²) in [5.41, 5.74) is 3.30. The van der Waals surface area contributed by atoms with E-state index in [2.05, 4.69) is 26.8 Å². The lowest BCUT2D eigenvalue weighted by Gasteiger charge is -2.62. The van der Waals surface area contributed by atoms with Gasteiger partial charge < -0.3 is 0 Å². The van der Waals surface area contributed by atoms with Crippen molar-refractivity contribution in [2.24, 2.45) is 46.3 Å². The van der Waals surface area contributed by atoms with Crippen LogP contribution in [0.15, 0.2) is 11.6 Å². The van der Waals surface area contributed by atoms with Gasteiger partial charge in [0.25, 0.3) is 0 Å². The second-order valence-electron chi connectivity index (χ2n) is 11.2. The SMILES string of the molecule is CC=C1CCC[C@]23CCC4C(CC[C@H]5C[C@H](C)CC[C@]45C)C2CC[C@H]13. The van der Waals surface area contributed by atoms with Gasteiger partial charge >= 0.3 is 0 Å². The first-order valence-electron chi connectivity index (χ1n) is 11.7. The molecule has 0 bridgehead atoms. The molecule has 8 atom stereocenters. The summed E-state index contributed by atoms with van der Waals surface area (Å²) in [5, 5.41) is 0. The summed E-state index contributed by atoms with van der Waals surface area (Å²) in [4.78, 5) is 0. The van der Waals surface area contributed by atoms with Crippen LogP contribution >= 0.6 is 0 Å². The third-order valence-electron chi connectivity index (χ3n) is 10.6. The number of hydrogen-bond donors (Lipinski definition) is 0. The van der Waals surface area contributed by atoms with Gasteiger partial charge in [0.15, 0.2) is 0 Å². The first kappa shape index (κ1) is 16.9. The van der Waals surface area contributed by atoms with E-state index >= 15 is 0 Å². The van der Waals surface area contributed by atoms with Crippen molar-refractivity contribution < 1.29 is 0 Å². The minimum Gasteiger partial charge on any atom is -0.0882 e. The van der Waals surface area contributed by atoms with E-state index in [1.54, 1.807) is 51.4 Å². The highest BCUT2D eigenvalue weighted by molar-refractivity contribution is 5.21. The highest BCUT2D eigenvalue weighted by Crippen LogP contribution is 2.70. The third kappa shape index (κ3) is 2.24. The Kier molecular flexibility index (Phi) is 3.96. The van der Waals surface area contributed by atoms with Crippen molar-refractivity contribution in [1.29, 1.82) is 0 Å². The number of fused-ring (bicyclic) bond motifs is 4. The predicted molar refractivity (Wildman–Crippen MR) is 106 cm³/mol. The van der Waals surface area contributed by atoms with Crippen LogP contribution in [0.5, 0.6) is 0 Å². The minimum atomic E-state index is 0.702. The molecule has 5 aliphatic rings. The average Bonchev–Trinajstić information content (AvgIpc) is 3.02. The van der Waals surface area contributed by atoms with E-state index in [1.807, 2.05) is 5.57 Å². The molecule has 0 radical (unpaired) electrons. The molecule has 0 aromatic heterocycles. The van der Waals surface area contributed by atoms with Gasteiger partial charge in [-0.25, -0.2) is 0 Å². The number of hydrogen-bond acceptors (Lipinski definition) is 0. The quantitative estimate of drug-likeness (QED) is 0.403. The molecule has 5 aliphatic carbocycles. The van der Waals surface area contributed by atoms with Gasteiger partial charge in [0.1, 0.15) is 0 Å². The predicted octanol–water partition coefficient (Wildman–Crippen LogP) is 7.39. The van der Waals surface area contributed by atoms with Gasteiger partial charge in [-0.15, -0.1) is 0 Å². The molecule has 5 fully saturated rings. The van der Waals surface area contributed by atoms with Crippen LogP contribution in [-0.4, -0.2) is 0 Å². The molecular formula is C25H40. The van der Waals surface area contributed by atoms with Gasteiger partial charge in [-0.3, -0.25) is 0 Å². The third-order valence-corrected chi connectivity index (χ3v) is 10.6. The largest absolute Gasteiger partial charge is 0.0882 e. The monoisotopic (exact) mass is 340 g/mol. The molecule has 0 saturated heterocycles. The van der Waals surface area contributed by atoms with Crippen LogP contribution in [0.2, 0.25) is 0 Å². The Morgan fingerprint density at radius 3 is 2.64 bits per heavy atom. The molecule has 0 aliphatic heterocycles. The lowest BCUT2D eigenvalue weighted by Crippen LogP contribution is -2.54. The number of allylic oxidation sites excluding steroid dienone is 2. The molecule has 0 heteroatoms. The van der Waals surface area contributed by atoms with Crippen LogP contribution in [0.25, 0.3) is 0 Å². The fourth-order valence-corrected chi connectivity index (χ4v) is 9.46. The summed E-state index contributed by atoms with van der Waals surface area (Å²) in [5.74, 6) is 6.28. The van der Waals surface area contributed by atoms with Gasteiger partial charge in [0.2, 0.25) is 0 Å². The lowest BCUT2D eigenvalue weighted by atomic mass is 9.43. The van der Waals surface area contributed by atoms with Gasteiger partial charge in [0.05, 0.1) is 0 Å². The highest BCUT2D eigenvalue weighted by atomic mass is 14.7. The maximum absolute atomic E-state index is 2.74. The Morgan fingerprint density at radius 1 is 0.920 bits per heavy atom. The van der Waals surface area contributed by atoms with E-state index < -0.39 is 0 Å². The Morgan fingerprint density at radius 2 is 1.80 bits per heavy atom. The molecular weight excluding hydrogens is 300 g/mol. The van der Waals surface area contributed by atoms with Crippen LogP contribution in [-0.2, 0) is 0 Å². The van der Waals surface area contributed by atoms with Gasteiger partial charge in [-0.2, -0.15) is 0 Å². The Labute approximate surface area is 156 Å². The number of rotatable bonds is 0. The van der Waals surface area contributed by atoms with E-state index in [0.717, 1.165) is 40.9 Å².